The van der Waals surface area contributed by atoms with Crippen LogP contribution in [0.2, 0.25) is 5.02 Å². The largest absolute Gasteiger partial charge is 0.313 e. The summed E-state index contributed by atoms with van der Waals surface area (Å²) in [6.07, 6.45) is 6.65. The Labute approximate surface area is 116 Å². The molecule has 0 amide bonds. The third kappa shape index (κ3) is 4.00. The first kappa shape index (κ1) is 13.9. The average Bonchev–Trinajstić information content (AvgIpc) is 2.78. The molecule has 1 aliphatic carbocycles. The van der Waals surface area contributed by atoms with Crippen molar-refractivity contribution in [2.24, 2.45) is 5.41 Å². The van der Waals surface area contributed by atoms with Gasteiger partial charge in [-0.3, -0.25) is 0 Å². The van der Waals surface area contributed by atoms with Crippen LogP contribution in [0.5, 0.6) is 0 Å². The van der Waals surface area contributed by atoms with E-state index in [1.54, 1.807) is 0 Å². The highest BCUT2D eigenvalue weighted by atomic mass is 35.5. The van der Waals surface area contributed by atoms with Crippen molar-refractivity contribution in [2.75, 3.05) is 6.54 Å². The molecule has 0 bridgehead atoms. The molecule has 1 fully saturated rings. The van der Waals surface area contributed by atoms with Gasteiger partial charge in [-0.05, 0) is 49.3 Å². The molecule has 0 radical (unpaired) electrons. The van der Waals surface area contributed by atoms with Crippen LogP contribution in [0.15, 0.2) is 24.3 Å². The lowest BCUT2D eigenvalue weighted by Gasteiger charge is -2.26. The van der Waals surface area contributed by atoms with Crippen molar-refractivity contribution < 1.29 is 0 Å². The Morgan fingerprint density at radius 1 is 1.22 bits per heavy atom. The lowest BCUT2D eigenvalue weighted by molar-refractivity contribution is 0.300. The molecule has 1 aliphatic rings. The number of rotatable bonds is 5. The van der Waals surface area contributed by atoms with E-state index in [4.69, 9.17) is 11.6 Å². The second-order valence-electron chi connectivity index (χ2n) is 6.13. The highest BCUT2D eigenvalue weighted by molar-refractivity contribution is 6.30. The molecule has 18 heavy (non-hydrogen) atoms. The SMILES string of the molecule is CC(Cc1ccc(Cl)cc1)NCC1(C)CCCC1. The van der Waals surface area contributed by atoms with E-state index in [-0.39, 0.29) is 0 Å². The van der Waals surface area contributed by atoms with E-state index in [0.717, 1.165) is 18.0 Å². The molecule has 0 aliphatic heterocycles. The molecule has 100 valence electrons. The fourth-order valence-electron chi connectivity index (χ4n) is 2.87. The monoisotopic (exact) mass is 265 g/mol. The summed E-state index contributed by atoms with van der Waals surface area (Å²) in [6.45, 7) is 5.84. The molecule has 1 unspecified atom stereocenters. The van der Waals surface area contributed by atoms with Crippen LogP contribution in [0.4, 0.5) is 0 Å². The van der Waals surface area contributed by atoms with Gasteiger partial charge in [0.05, 0.1) is 0 Å². The molecule has 0 spiro atoms. The molecule has 1 aromatic carbocycles. The first-order valence-corrected chi connectivity index (χ1v) is 7.43. The van der Waals surface area contributed by atoms with Crippen molar-refractivity contribution in [3.63, 3.8) is 0 Å². The third-order valence-electron chi connectivity index (χ3n) is 4.14. The Morgan fingerprint density at radius 3 is 2.44 bits per heavy atom. The standard InChI is InChI=1S/C16H24ClN/c1-13(11-14-5-7-15(17)8-6-14)18-12-16(2)9-3-4-10-16/h5-8,13,18H,3-4,9-12H2,1-2H3. The first-order chi connectivity index (χ1) is 8.57. The van der Waals surface area contributed by atoms with Gasteiger partial charge >= 0.3 is 0 Å². The summed E-state index contributed by atoms with van der Waals surface area (Å²) in [4.78, 5) is 0. The molecular formula is C16H24ClN. The van der Waals surface area contributed by atoms with Gasteiger partial charge in [0.1, 0.15) is 0 Å². The molecule has 0 saturated heterocycles. The number of hydrogen-bond donors (Lipinski definition) is 1. The quantitative estimate of drug-likeness (QED) is 0.830. The van der Waals surface area contributed by atoms with Gasteiger partial charge in [0.25, 0.3) is 0 Å². The summed E-state index contributed by atoms with van der Waals surface area (Å²) < 4.78 is 0. The van der Waals surface area contributed by atoms with Gasteiger partial charge in [-0.2, -0.15) is 0 Å². The van der Waals surface area contributed by atoms with Crippen molar-refractivity contribution in [1.82, 2.24) is 5.32 Å². The zero-order valence-electron chi connectivity index (χ0n) is 11.5. The number of nitrogens with one attached hydrogen (secondary N) is 1. The predicted octanol–water partition coefficient (Wildman–Crippen LogP) is 4.44. The zero-order valence-corrected chi connectivity index (χ0v) is 12.3. The predicted molar refractivity (Wildman–Crippen MR) is 79.2 cm³/mol. The summed E-state index contributed by atoms with van der Waals surface area (Å²) in [5.74, 6) is 0. The fraction of sp³-hybridized carbons (Fsp3) is 0.625. The minimum absolute atomic E-state index is 0.531. The summed E-state index contributed by atoms with van der Waals surface area (Å²) in [5, 5.41) is 4.51. The van der Waals surface area contributed by atoms with Crippen molar-refractivity contribution in [1.29, 1.82) is 0 Å². The molecule has 1 saturated carbocycles. The molecule has 1 nitrogen and oxygen atoms in total. The summed E-state index contributed by atoms with van der Waals surface area (Å²) in [5.41, 5.74) is 1.89. The summed E-state index contributed by atoms with van der Waals surface area (Å²) in [7, 11) is 0. The Balaban J connectivity index is 1.78. The highest BCUT2D eigenvalue weighted by Crippen LogP contribution is 2.36. The topological polar surface area (TPSA) is 12.0 Å². The number of halogens is 1. The van der Waals surface area contributed by atoms with E-state index in [1.165, 1.54) is 31.2 Å². The van der Waals surface area contributed by atoms with Crippen LogP contribution in [0.3, 0.4) is 0 Å². The van der Waals surface area contributed by atoms with E-state index in [0.29, 0.717) is 11.5 Å². The Hall–Kier alpha value is -0.530. The van der Waals surface area contributed by atoms with Gasteiger partial charge in [0.15, 0.2) is 0 Å². The van der Waals surface area contributed by atoms with Crippen LogP contribution >= 0.6 is 11.6 Å². The van der Waals surface area contributed by atoms with Crippen LogP contribution in [-0.2, 0) is 6.42 Å². The smallest absolute Gasteiger partial charge is 0.0406 e. The van der Waals surface area contributed by atoms with E-state index in [2.05, 4.69) is 31.3 Å². The second kappa shape index (κ2) is 6.08. The minimum atomic E-state index is 0.531. The van der Waals surface area contributed by atoms with Crippen LogP contribution in [0.1, 0.15) is 45.1 Å². The van der Waals surface area contributed by atoms with Crippen LogP contribution in [0, 0.1) is 5.41 Å². The maximum Gasteiger partial charge on any atom is 0.0406 e. The molecule has 2 heteroatoms. The van der Waals surface area contributed by atoms with Crippen LogP contribution in [-0.4, -0.2) is 12.6 Å². The molecular weight excluding hydrogens is 242 g/mol. The van der Waals surface area contributed by atoms with Gasteiger partial charge in [0, 0.05) is 17.6 Å². The van der Waals surface area contributed by atoms with E-state index < -0.39 is 0 Å². The lowest BCUT2D eigenvalue weighted by Crippen LogP contribution is -2.36. The van der Waals surface area contributed by atoms with Gasteiger partial charge in [0.2, 0.25) is 0 Å². The van der Waals surface area contributed by atoms with Gasteiger partial charge < -0.3 is 5.32 Å². The van der Waals surface area contributed by atoms with Crippen molar-refractivity contribution in [2.45, 2.75) is 52.0 Å². The first-order valence-electron chi connectivity index (χ1n) is 7.05. The maximum atomic E-state index is 5.90. The zero-order chi connectivity index (χ0) is 13.0. The van der Waals surface area contributed by atoms with Crippen LogP contribution in [0.25, 0.3) is 0 Å². The van der Waals surface area contributed by atoms with E-state index in [9.17, 15) is 0 Å². The molecule has 0 aromatic heterocycles. The summed E-state index contributed by atoms with van der Waals surface area (Å²) in [6, 6.07) is 8.72. The normalized spacial score (nSPS) is 19.9. The van der Waals surface area contributed by atoms with Crippen molar-refractivity contribution in [3.05, 3.63) is 34.9 Å². The Bertz CT molecular complexity index is 365. The lowest BCUT2D eigenvalue weighted by atomic mass is 9.88. The molecule has 1 aromatic rings. The molecule has 0 heterocycles. The number of benzene rings is 1. The van der Waals surface area contributed by atoms with E-state index >= 15 is 0 Å². The Kier molecular flexibility index (Phi) is 4.69. The van der Waals surface area contributed by atoms with Gasteiger partial charge in [-0.15, -0.1) is 0 Å². The van der Waals surface area contributed by atoms with Crippen molar-refractivity contribution >= 4 is 11.6 Å². The van der Waals surface area contributed by atoms with Gasteiger partial charge in [-0.25, -0.2) is 0 Å². The Morgan fingerprint density at radius 2 is 1.83 bits per heavy atom. The van der Waals surface area contributed by atoms with Crippen LogP contribution < -0.4 is 5.32 Å². The maximum absolute atomic E-state index is 5.90. The number of hydrogen-bond acceptors (Lipinski definition) is 1. The molecule has 1 N–H and O–H groups in total. The molecule has 2 rings (SSSR count). The minimum Gasteiger partial charge on any atom is -0.313 e. The van der Waals surface area contributed by atoms with Gasteiger partial charge in [-0.1, -0.05) is 43.5 Å². The van der Waals surface area contributed by atoms with Crippen molar-refractivity contribution in [3.8, 4) is 0 Å². The third-order valence-corrected chi connectivity index (χ3v) is 4.40. The fourth-order valence-corrected chi connectivity index (χ4v) is 3.00. The second-order valence-corrected chi connectivity index (χ2v) is 6.57. The van der Waals surface area contributed by atoms with E-state index in [1.807, 2.05) is 12.1 Å². The highest BCUT2D eigenvalue weighted by Gasteiger charge is 2.28. The summed E-state index contributed by atoms with van der Waals surface area (Å²) >= 11 is 5.90. The molecule has 1 atom stereocenters. The average molecular weight is 266 g/mol.